The van der Waals surface area contributed by atoms with E-state index in [1.54, 1.807) is 0 Å². The van der Waals surface area contributed by atoms with Crippen LogP contribution >= 0.6 is 0 Å². The summed E-state index contributed by atoms with van der Waals surface area (Å²) in [4.78, 5) is 2.51. The third-order valence-electron chi connectivity index (χ3n) is 5.83. The van der Waals surface area contributed by atoms with Gasteiger partial charge >= 0.3 is 0 Å². The van der Waals surface area contributed by atoms with Crippen molar-refractivity contribution in [2.75, 3.05) is 26.2 Å². The van der Waals surface area contributed by atoms with Gasteiger partial charge in [-0.15, -0.1) is 0 Å². The molecule has 0 spiro atoms. The Morgan fingerprint density at radius 3 is 2.40 bits per heavy atom. The lowest BCUT2D eigenvalue weighted by Crippen LogP contribution is -2.49. The minimum atomic E-state index is -1.29. The summed E-state index contributed by atoms with van der Waals surface area (Å²) in [7, 11) is 0. The molecule has 2 rings (SSSR count). The minimum absolute atomic E-state index is 0.112. The summed E-state index contributed by atoms with van der Waals surface area (Å²) in [5.41, 5.74) is 0.287. The van der Waals surface area contributed by atoms with Gasteiger partial charge in [0.1, 0.15) is 6.17 Å². The molecule has 2 N–H and O–H groups in total. The summed E-state index contributed by atoms with van der Waals surface area (Å²) >= 11 is 0. The molecule has 1 unspecified atom stereocenters. The predicted octanol–water partition coefficient (Wildman–Crippen LogP) is 3.62. The van der Waals surface area contributed by atoms with Crippen LogP contribution in [0.2, 0.25) is 0 Å². The lowest BCUT2D eigenvalue weighted by atomic mass is 9.66. The number of nitrogens with one attached hydrogen (secondary N) is 1. The first-order valence-electron chi connectivity index (χ1n) is 9.37. The van der Waals surface area contributed by atoms with Crippen LogP contribution in [0.3, 0.4) is 0 Å². The summed E-state index contributed by atoms with van der Waals surface area (Å²) in [6.07, 6.45) is -0.151. The molecule has 0 radical (unpaired) electrons. The van der Waals surface area contributed by atoms with Gasteiger partial charge in [-0.1, -0.05) is 51.1 Å². The monoisotopic (exact) mass is 350 g/mol. The fraction of sp³-hybridized carbons (Fsp3) is 0.714. The molecule has 25 heavy (non-hydrogen) atoms. The van der Waals surface area contributed by atoms with Crippen molar-refractivity contribution in [1.29, 1.82) is 0 Å². The maximum atomic E-state index is 14.0. The maximum absolute atomic E-state index is 14.0. The second kappa shape index (κ2) is 7.73. The Hall–Kier alpha value is -0.970. The topological polar surface area (TPSA) is 35.5 Å². The van der Waals surface area contributed by atoms with Gasteiger partial charge in [-0.05, 0) is 37.8 Å². The quantitative estimate of drug-likeness (QED) is 0.788. The normalized spacial score (nSPS) is 23.8. The molecule has 1 aliphatic heterocycles. The lowest BCUT2D eigenvalue weighted by molar-refractivity contribution is -0.00528. The first-order chi connectivity index (χ1) is 11.5. The Bertz CT molecular complexity index is 535. The fourth-order valence-corrected chi connectivity index (χ4v) is 3.64. The number of nitrogens with zero attached hydrogens (tertiary/aromatic N) is 1. The van der Waals surface area contributed by atoms with Gasteiger partial charge in [-0.3, -0.25) is 4.90 Å². The number of aliphatic hydroxyl groups is 1. The van der Waals surface area contributed by atoms with Gasteiger partial charge in [0.05, 0.1) is 5.60 Å². The van der Waals surface area contributed by atoms with E-state index in [0.717, 1.165) is 32.6 Å². The highest BCUT2D eigenvalue weighted by atomic mass is 19.1. The molecule has 1 fully saturated rings. The van der Waals surface area contributed by atoms with Gasteiger partial charge in [0.25, 0.3) is 0 Å². The molecule has 1 aromatic rings. The molecule has 0 bridgehead atoms. The molecule has 1 aromatic carbocycles. The van der Waals surface area contributed by atoms with E-state index in [4.69, 9.17) is 0 Å². The largest absolute Gasteiger partial charge is 0.387 e. The summed E-state index contributed by atoms with van der Waals surface area (Å²) in [5, 5.41) is 13.1. The van der Waals surface area contributed by atoms with E-state index in [1.807, 2.05) is 6.07 Å². The Morgan fingerprint density at radius 2 is 1.84 bits per heavy atom. The first-order valence-corrected chi connectivity index (χ1v) is 9.37. The van der Waals surface area contributed by atoms with Crippen molar-refractivity contribution in [3.63, 3.8) is 0 Å². The first kappa shape index (κ1) is 20.3. The lowest BCUT2D eigenvalue weighted by Gasteiger charge is -2.42. The zero-order valence-corrected chi connectivity index (χ0v) is 16.5. The number of hydrogen-bond donors (Lipinski definition) is 2. The summed E-state index contributed by atoms with van der Waals surface area (Å²) in [6, 6.07) is 10.6. The number of alkyl halides is 1. The molecule has 1 heterocycles. The van der Waals surface area contributed by atoms with Crippen LogP contribution in [0.5, 0.6) is 0 Å². The van der Waals surface area contributed by atoms with Crippen LogP contribution in [-0.4, -0.2) is 48.0 Å². The van der Waals surface area contributed by atoms with Gasteiger partial charge in [0, 0.05) is 31.6 Å². The number of likely N-dealkylation sites (tertiary alicyclic amines) is 1. The van der Waals surface area contributed by atoms with Crippen molar-refractivity contribution >= 4 is 0 Å². The van der Waals surface area contributed by atoms with Crippen LogP contribution in [0.25, 0.3) is 0 Å². The zero-order valence-electron chi connectivity index (χ0n) is 16.5. The average molecular weight is 351 g/mol. The van der Waals surface area contributed by atoms with E-state index in [-0.39, 0.29) is 17.4 Å². The molecule has 4 heteroatoms. The van der Waals surface area contributed by atoms with E-state index in [9.17, 15) is 9.50 Å². The number of rotatable bonds is 7. The molecule has 0 amide bonds. The fourth-order valence-electron chi connectivity index (χ4n) is 3.64. The minimum Gasteiger partial charge on any atom is -0.387 e. The highest BCUT2D eigenvalue weighted by molar-refractivity contribution is 5.15. The maximum Gasteiger partial charge on any atom is 0.140 e. The van der Waals surface area contributed by atoms with Gasteiger partial charge in [-0.25, -0.2) is 4.39 Å². The van der Waals surface area contributed by atoms with Crippen LogP contribution < -0.4 is 5.32 Å². The van der Waals surface area contributed by atoms with Gasteiger partial charge in [0.2, 0.25) is 0 Å². The summed E-state index contributed by atoms with van der Waals surface area (Å²) in [6.45, 7) is 13.9. The standard InChI is InChI=1S/C21H35FN2O/c1-19(2,3)21(15-23-13-18(22)20(4,5)25)11-12-24(16-21)14-17-9-7-6-8-10-17/h6-10,18,23,25H,11-16H2,1-5H3/t18-,21?/m1/s1. The number of benzene rings is 1. The molecule has 1 saturated heterocycles. The molecular formula is C21H35FN2O. The van der Waals surface area contributed by atoms with E-state index >= 15 is 0 Å². The molecular weight excluding hydrogens is 315 g/mol. The van der Waals surface area contributed by atoms with E-state index in [1.165, 1.54) is 19.4 Å². The van der Waals surface area contributed by atoms with Gasteiger partial charge in [-0.2, -0.15) is 0 Å². The molecule has 1 aliphatic rings. The molecule has 0 aromatic heterocycles. The molecule has 2 atom stereocenters. The molecule has 142 valence electrons. The van der Waals surface area contributed by atoms with Crippen molar-refractivity contribution in [2.45, 2.75) is 59.4 Å². The number of halogens is 1. The smallest absolute Gasteiger partial charge is 0.140 e. The second-order valence-electron chi connectivity index (χ2n) is 9.23. The molecule has 0 saturated carbocycles. The molecule has 0 aliphatic carbocycles. The SMILES string of the molecule is CC(C)(O)[C@H](F)CNCC1(C(C)(C)C)CCN(Cc2ccccc2)C1. The van der Waals surface area contributed by atoms with E-state index in [2.05, 4.69) is 55.3 Å². The van der Waals surface area contributed by atoms with Crippen LogP contribution in [0, 0.1) is 10.8 Å². The van der Waals surface area contributed by atoms with E-state index < -0.39 is 11.8 Å². The summed E-state index contributed by atoms with van der Waals surface area (Å²) in [5.74, 6) is 0. The second-order valence-corrected chi connectivity index (χ2v) is 9.23. The van der Waals surface area contributed by atoms with Gasteiger partial charge in [0.15, 0.2) is 0 Å². The van der Waals surface area contributed by atoms with Crippen LogP contribution in [-0.2, 0) is 6.54 Å². The van der Waals surface area contributed by atoms with Gasteiger partial charge < -0.3 is 10.4 Å². The van der Waals surface area contributed by atoms with Crippen molar-refractivity contribution in [1.82, 2.24) is 10.2 Å². The highest BCUT2D eigenvalue weighted by Gasteiger charge is 2.46. The van der Waals surface area contributed by atoms with Crippen LogP contribution in [0.4, 0.5) is 4.39 Å². The summed E-state index contributed by atoms with van der Waals surface area (Å²) < 4.78 is 14.0. The van der Waals surface area contributed by atoms with Crippen molar-refractivity contribution in [3.8, 4) is 0 Å². The van der Waals surface area contributed by atoms with E-state index in [0.29, 0.717) is 0 Å². The molecule has 3 nitrogen and oxygen atoms in total. The van der Waals surface area contributed by atoms with Crippen LogP contribution in [0.15, 0.2) is 30.3 Å². The number of hydrogen-bond acceptors (Lipinski definition) is 3. The van der Waals surface area contributed by atoms with Crippen LogP contribution in [0.1, 0.15) is 46.6 Å². The average Bonchev–Trinajstić information content (AvgIpc) is 2.91. The third-order valence-corrected chi connectivity index (χ3v) is 5.83. The van der Waals surface area contributed by atoms with Crippen molar-refractivity contribution < 1.29 is 9.50 Å². The predicted molar refractivity (Wildman–Crippen MR) is 102 cm³/mol. The van der Waals surface area contributed by atoms with Crippen molar-refractivity contribution in [3.05, 3.63) is 35.9 Å². The Kier molecular flexibility index (Phi) is 6.29. The van der Waals surface area contributed by atoms with Crippen molar-refractivity contribution in [2.24, 2.45) is 10.8 Å². The Labute approximate surface area is 152 Å². The Morgan fingerprint density at radius 1 is 1.20 bits per heavy atom. The third kappa shape index (κ3) is 5.25. The highest BCUT2D eigenvalue weighted by Crippen LogP contribution is 2.45. The Balaban J connectivity index is 1.97. The zero-order chi connectivity index (χ0) is 18.7.